The van der Waals surface area contributed by atoms with Gasteiger partial charge in [-0.2, -0.15) is 0 Å². The lowest BCUT2D eigenvalue weighted by Crippen LogP contribution is -2.42. The summed E-state index contributed by atoms with van der Waals surface area (Å²) in [6, 6.07) is 17.9. The molecule has 3 heteroatoms. The third-order valence-electron chi connectivity index (χ3n) is 4.41. The fourth-order valence-electron chi connectivity index (χ4n) is 2.99. The van der Waals surface area contributed by atoms with Crippen LogP contribution >= 0.6 is 0 Å². The molecule has 2 aromatic rings. The number of nitrogens with zero attached hydrogens (tertiary/aromatic N) is 1. The Morgan fingerprint density at radius 2 is 1.83 bits per heavy atom. The summed E-state index contributed by atoms with van der Waals surface area (Å²) in [6.07, 6.45) is 3.44. The Hall–Kier alpha value is -2.29. The Morgan fingerprint density at radius 1 is 1.09 bits per heavy atom. The van der Waals surface area contributed by atoms with Crippen molar-refractivity contribution >= 4 is 5.91 Å². The van der Waals surface area contributed by atoms with Crippen LogP contribution in [0.2, 0.25) is 0 Å². The minimum absolute atomic E-state index is 0.146. The van der Waals surface area contributed by atoms with Gasteiger partial charge in [0.25, 0.3) is 5.91 Å². The van der Waals surface area contributed by atoms with Crippen molar-refractivity contribution < 1.29 is 9.53 Å². The Morgan fingerprint density at radius 3 is 2.52 bits per heavy atom. The van der Waals surface area contributed by atoms with Crippen LogP contribution in [-0.2, 0) is 6.61 Å². The molecule has 3 rings (SSSR count). The fraction of sp³-hybridized carbons (Fsp3) is 0.350. The van der Waals surface area contributed by atoms with Crippen molar-refractivity contribution in [1.82, 2.24) is 4.90 Å². The highest BCUT2D eigenvalue weighted by atomic mass is 16.5. The second-order valence-corrected chi connectivity index (χ2v) is 6.14. The zero-order valence-electron chi connectivity index (χ0n) is 13.6. The highest BCUT2D eigenvalue weighted by molar-refractivity contribution is 5.94. The van der Waals surface area contributed by atoms with Gasteiger partial charge in [0.2, 0.25) is 0 Å². The molecule has 0 spiro atoms. The number of hydrogen-bond donors (Lipinski definition) is 0. The molecule has 0 bridgehead atoms. The van der Waals surface area contributed by atoms with Crippen molar-refractivity contribution in [1.29, 1.82) is 0 Å². The monoisotopic (exact) mass is 309 g/mol. The van der Waals surface area contributed by atoms with Gasteiger partial charge in [-0.1, -0.05) is 30.3 Å². The van der Waals surface area contributed by atoms with Gasteiger partial charge in [0.05, 0.1) is 0 Å². The summed E-state index contributed by atoms with van der Waals surface area (Å²) >= 11 is 0. The molecule has 23 heavy (non-hydrogen) atoms. The number of benzene rings is 2. The second kappa shape index (κ2) is 7.32. The van der Waals surface area contributed by atoms with Crippen molar-refractivity contribution in [2.75, 3.05) is 6.54 Å². The average molecular weight is 309 g/mol. The highest BCUT2D eigenvalue weighted by Gasteiger charge is 2.23. The van der Waals surface area contributed by atoms with Gasteiger partial charge >= 0.3 is 0 Å². The van der Waals surface area contributed by atoms with Gasteiger partial charge < -0.3 is 9.64 Å². The van der Waals surface area contributed by atoms with E-state index in [4.69, 9.17) is 4.74 Å². The van der Waals surface area contributed by atoms with E-state index in [1.807, 2.05) is 59.5 Å². The SMILES string of the molecule is CC1CCCCN1C(=O)c1ccc(COc2ccccc2)cc1. The lowest BCUT2D eigenvalue weighted by molar-refractivity contribution is 0.0635. The van der Waals surface area contributed by atoms with Crippen LogP contribution in [0.1, 0.15) is 42.1 Å². The molecule has 1 heterocycles. The number of carbonyl (C=O) groups excluding carboxylic acids is 1. The first kappa shape index (κ1) is 15.6. The Kier molecular flexibility index (Phi) is 4.96. The minimum atomic E-state index is 0.146. The summed E-state index contributed by atoms with van der Waals surface area (Å²) < 4.78 is 5.73. The molecule has 1 aliphatic heterocycles. The first-order valence-corrected chi connectivity index (χ1v) is 8.32. The van der Waals surface area contributed by atoms with Crippen LogP contribution in [0.15, 0.2) is 54.6 Å². The van der Waals surface area contributed by atoms with Crippen molar-refractivity contribution in [3.8, 4) is 5.75 Å². The van der Waals surface area contributed by atoms with E-state index in [-0.39, 0.29) is 5.91 Å². The van der Waals surface area contributed by atoms with Gasteiger partial charge in [0.1, 0.15) is 12.4 Å². The molecule has 0 radical (unpaired) electrons. The van der Waals surface area contributed by atoms with Gasteiger partial charge in [-0.25, -0.2) is 0 Å². The topological polar surface area (TPSA) is 29.5 Å². The van der Waals surface area contributed by atoms with Crippen LogP contribution in [0.25, 0.3) is 0 Å². The first-order valence-electron chi connectivity index (χ1n) is 8.32. The number of para-hydroxylation sites is 1. The number of rotatable bonds is 4. The minimum Gasteiger partial charge on any atom is -0.489 e. The van der Waals surface area contributed by atoms with Gasteiger partial charge in [-0.3, -0.25) is 4.79 Å². The molecule has 1 amide bonds. The summed E-state index contributed by atoms with van der Waals surface area (Å²) in [5.41, 5.74) is 1.83. The lowest BCUT2D eigenvalue weighted by atomic mass is 10.0. The highest BCUT2D eigenvalue weighted by Crippen LogP contribution is 2.20. The van der Waals surface area contributed by atoms with E-state index in [0.29, 0.717) is 12.6 Å². The summed E-state index contributed by atoms with van der Waals surface area (Å²) in [7, 11) is 0. The average Bonchev–Trinajstić information content (AvgIpc) is 2.61. The molecule has 1 aliphatic rings. The quantitative estimate of drug-likeness (QED) is 0.843. The number of likely N-dealkylation sites (tertiary alicyclic amines) is 1. The molecule has 0 aliphatic carbocycles. The summed E-state index contributed by atoms with van der Waals surface area (Å²) in [5.74, 6) is 1.00. The predicted octanol–water partition coefficient (Wildman–Crippen LogP) is 4.28. The van der Waals surface area contributed by atoms with Crippen LogP contribution in [0.4, 0.5) is 0 Å². The number of hydrogen-bond acceptors (Lipinski definition) is 2. The first-order chi connectivity index (χ1) is 11.2. The fourth-order valence-corrected chi connectivity index (χ4v) is 2.99. The van der Waals surface area contributed by atoms with Crippen LogP contribution in [0.5, 0.6) is 5.75 Å². The van der Waals surface area contributed by atoms with E-state index in [2.05, 4.69) is 6.92 Å². The van der Waals surface area contributed by atoms with Crippen molar-refractivity contribution in [3.05, 3.63) is 65.7 Å². The van der Waals surface area contributed by atoms with E-state index >= 15 is 0 Å². The van der Waals surface area contributed by atoms with E-state index in [1.165, 1.54) is 6.42 Å². The largest absolute Gasteiger partial charge is 0.489 e. The van der Waals surface area contributed by atoms with E-state index in [9.17, 15) is 4.79 Å². The maximum atomic E-state index is 12.6. The summed E-state index contributed by atoms with van der Waals surface area (Å²) in [5, 5.41) is 0. The smallest absolute Gasteiger partial charge is 0.254 e. The predicted molar refractivity (Wildman–Crippen MR) is 91.6 cm³/mol. The van der Waals surface area contributed by atoms with Crippen molar-refractivity contribution in [2.24, 2.45) is 0 Å². The maximum Gasteiger partial charge on any atom is 0.254 e. The number of ether oxygens (including phenoxy) is 1. The van der Waals surface area contributed by atoms with Gasteiger partial charge in [-0.05, 0) is 56.0 Å². The molecule has 1 saturated heterocycles. The Labute approximate surface area is 137 Å². The molecular weight excluding hydrogens is 286 g/mol. The molecule has 1 unspecified atom stereocenters. The Bertz CT molecular complexity index is 636. The zero-order valence-corrected chi connectivity index (χ0v) is 13.6. The van der Waals surface area contributed by atoms with Crippen molar-refractivity contribution in [2.45, 2.75) is 38.8 Å². The normalized spacial score (nSPS) is 17.8. The lowest BCUT2D eigenvalue weighted by Gasteiger charge is -2.33. The number of amides is 1. The molecule has 0 N–H and O–H groups in total. The standard InChI is InChI=1S/C20H23NO2/c1-16-7-5-6-14-21(16)20(22)18-12-10-17(11-13-18)15-23-19-8-3-2-4-9-19/h2-4,8-13,16H,5-7,14-15H2,1H3. The molecule has 120 valence electrons. The second-order valence-electron chi connectivity index (χ2n) is 6.14. The molecule has 1 atom stereocenters. The molecule has 0 saturated carbocycles. The van der Waals surface area contributed by atoms with Gasteiger partial charge in [-0.15, -0.1) is 0 Å². The van der Waals surface area contributed by atoms with Crippen LogP contribution in [-0.4, -0.2) is 23.4 Å². The third kappa shape index (κ3) is 3.92. The van der Waals surface area contributed by atoms with E-state index in [1.54, 1.807) is 0 Å². The van der Waals surface area contributed by atoms with Crippen LogP contribution < -0.4 is 4.74 Å². The molecule has 1 fully saturated rings. The Balaban J connectivity index is 1.61. The van der Waals surface area contributed by atoms with Crippen molar-refractivity contribution in [3.63, 3.8) is 0 Å². The number of carbonyl (C=O) groups is 1. The van der Waals surface area contributed by atoms with Gasteiger partial charge in [0, 0.05) is 18.2 Å². The summed E-state index contributed by atoms with van der Waals surface area (Å²) in [4.78, 5) is 14.6. The van der Waals surface area contributed by atoms with E-state index < -0.39 is 0 Å². The molecule has 0 aromatic heterocycles. The summed E-state index contributed by atoms with van der Waals surface area (Å²) in [6.45, 7) is 3.52. The maximum absolute atomic E-state index is 12.6. The molecular formula is C20H23NO2. The molecule has 3 nitrogen and oxygen atoms in total. The zero-order chi connectivity index (χ0) is 16.1. The van der Waals surface area contributed by atoms with E-state index in [0.717, 1.165) is 36.3 Å². The number of piperidine rings is 1. The van der Waals surface area contributed by atoms with Gasteiger partial charge in [0.15, 0.2) is 0 Å². The molecule has 2 aromatic carbocycles. The van der Waals surface area contributed by atoms with Crippen LogP contribution in [0.3, 0.4) is 0 Å². The van der Waals surface area contributed by atoms with Crippen LogP contribution in [0, 0.1) is 0 Å². The third-order valence-corrected chi connectivity index (χ3v) is 4.41.